The molecule has 0 radical (unpaired) electrons. The Balaban J connectivity index is 2.46. The largest absolute Gasteiger partial charge is 0.295 e. The lowest BCUT2D eigenvalue weighted by Crippen LogP contribution is -2.05. The van der Waals surface area contributed by atoms with E-state index in [0.29, 0.717) is 12.1 Å². The molecule has 4 nitrogen and oxygen atoms in total. The van der Waals surface area contributed by atoms with Crippen molar-refractivity contribution < 1.29 is 4.79 Å². The van der Waals surface area contributed by atoms with Gasteiger partial charge in [-0.25, -0.2) is 0 Å². The van der Waals surface area contributed by atoms with Crippen LogP contribution >= 0.6 is 0 Å². The average molecular weight is 227 g/mol. The topological polar surface area (TPSA) is 47.8 Å². The van der Waals surface area contributed by atoms with E-state index in [1.165, 1.54) is 4.80 Å². The molecule has 0 aliphatic rings. The summed E-state index contributed by atoms with van der Waals surface area (Å²) in [5.41, 5.74) is 1.62. The SMILES string of the molecule is CCC(=O)C=C(c1ccccc1)n1nccn1. The van der Waals surface area contributed by atoms with Gasteiger partial charge in [-0.3, -0.25) is 4.79 Å². The molecule has 0 aliphatic heterocycles. The van der Waals surface area contributed by atoms with Crippen LogP contribution in [0.15, 0.2) is 48.8 Å². The number of aromatic nitrogens is 3. The van der Waals surface area contributed by atoms with Crippen molar-refractivity contribution in [3.8, 4) is 0 Å². The summed E-state index contributed by atoms with van der Waals surface area (Å²) < 4.78 is 0. The van der Waals surface area contributed by atoms with E-state index in [2.05, 4.69) is 10.2 Å². The number of benzene rings is 1. The maximum absolute atomic E-state index is 11.5. The Hall–Kier alpha value is -2.23. The van der Waals surface area contributed by atoms with Crippen molar-refractivity contribution in [3.63, 3.8) is 0 Å². The van der Waals surface area contributed by atoms with Crippen molar-refractivity contribution in [1.82, 2.24) is 15.0 Å². The normalized spacial score (nSPS) is 11.5. The average Bonchev–Trinajstić information content (AvgIpc) is 2.90. The van der Waals surface area contributed by atoms with Crippen LogP contribution in [-0.2, 0) is 4.79 Å². The third-order valence-corrected chi connectivity index (χ3v) is 2.35. The molecule has 0 fully saturated rings. The highest BCUT2D eigenvalue weighted by atomic mass is 16.1. The van der Waals surface area contributed by atoms with Crippen LogP contribution in [-0.4, -0.2) is 20.8 Å². The Bertz CT molecular complexity index is 515. The van der Waals surface area contributed by atoms with Crippen LogP contribution in [0.25, 0.3) is 5.70 Å². The number of carbonyl (C=O) groups is 1. The molecule has 86 valence electrons. The molecule has 0 spiro atoms. The van der Waals surface area contributed by atoms with Crippen LogP contribution in [0.2, 0.25) is 0 Å². The van der Waals surface area contributed by atoms with Gasteiger partial charge < -0.3 is 0 Å². The highest BCUT2D eigenvalue weighted by Gasteiger charge is 2.07. The van der Waals surface area contributed by atoms with E-state index in [4.69, 9.17) is 0 Å². The quantitative estimate of drug-likeness (QED) is 0.752. The molecule has 1 aromatic heterocycles. The standard InChI is InChI=1S/C13H13N3O/c1-2-12(17)10-13(16-14-8-9-15-16)11-6-4-3-5-7-11/h3-10H,2H2,1H3. The lowest BCUT2D eigenvalue weighted by Gasteiger charge is -2.05. The van der Waals surface area contributed by atoms with Crippen LogP contribution in [0.1, 0.15) is 18.9 Å². The minimum absolute atomic E-state index is 0.0566. The molecule has 2 aromatic rings. The van der Waals surface area contributed by atoms with Crippen molar-refractivity contribution in [2.75, 3.05) is 0 Å². The molecule has 0 aliphatic carbocycles. The van der Waals surface area contributed by atoms with Gasteiger partial charge in [-0.15, -0.1) is 0 Å². The maximum Gasteiger partial charge on any atom is 0.157 e. The third-order valence-electron chi connectivity index (χ3n) is 2.35. The van der Waals surface area contributed by atoms with Gasteiger partial charge in [0.15, 0.2) is 5.78 Å². The Morgan fingerprint density at radius 3 is 2.47 bits per heavy atom. The molecule has 0 saturated carbocycles. The van der Waals surface area contributed by atoms with Crippen molar-refractivity contribution in [2.24, 2.45) is 0 Å². The monoisotopic (exact) mass is 227 g/mol. The molecule has 0 N–H and O–H groups in total. The lowest BCUT2D eigenvalue weighted by molar-refractivity contribution is -0.114. The zero-order valence-electron chi connectivity index (χ0n) is 9.58. The van der Waals surface area contributed by atoms with Crippen LogP contribution in [0.3, 0.4) is 0 Å². The summed E-state index contributed by atoms with van der Waals surface area (Å²) in [7, 11) is 0. The number of hydrogen-bond acceptors (Lipinski definition) is 3. The molecule has 0 bridgehead atoms. The molecule has 4 heteroatoms. The first kappa shape index (κ1) is 11.3. The number of carbonyl (C=O) groups excluding carboxylic acids is 1. The molecule has 17 heavy (non-hydrogen) atoms. The maximum atomic E-state index is 11.5. The van der Waals surface area contributed by atoms with E-state index in [1.807, 2.05) is 37.3 Å². The summed E-state index contributed by atoms with van der Waals surface area (Å²) in [5.74, 6) is 0.0566. The fourth-order valence-electron chi connectivity index (χ4n) is 1.46. The first-order valence-corrected chi connectivity index (χ1v) is 5.48. The fraction of sp³-hybridized carbons (Fsp3) is 0.154. The highest BCUT2D eigenvalue weighted by molar-refractivity contribution is 5.96. The predicted molar refractivity (Wildman–Crippen MR) is 65.1 cm³/mol. The molecule has 1 aromatic carbocycles. The fourth-order valence-corrected chi connectivity index (χ4v) is 1.46. The van der Waals surface area contributed by atoms with E-state index in [-0.39, 0.29) is 5.78 Å². The van der Waals surface area contributed by atoms with Crippen LogP contribution in [0.4, 0.5) is 0 Å². The molecule has 0 amide bonds. The van der Waals surface area contributed by atoms with Crippen LogP contribution < -0.4 is 0 Å². The summed E-state index contributed by atoms with van der Waals surface area (Å²) >= 11 is 0. The van der Waals surface area contributed by atoms with Crippen molar-refractivity contribution in [3.05, 3.63) is 54.4 Å². The zero-order valence-corrected chi connectivity index (χ0v) is 9.58. The minimum atomic E-state index is 0.0566. The predicted octanol–water partition coefficient (Wildman–Crippen LogP) is 2.15. The summed E-state index contributed by atoms with van der Waals surface area (Å²) in [6, 6.07) is 9.63. The first-order chi connectivity index (χ1) is 8.31. The number of ketones is 1. The Labute approximate surface area is 99.6 Å². The Morgan fingerprint density at radius 2 is 1.88 bits per heavy atom. The second-order valence-corrected chi connectivity index (χ2v) is 3.53. The van der Waals surface area contributed by atoms with Crippen molar-refractivity contribution in [2.45, 2.75) is 13.3 Å². The van der Waals surface area contributed by atoms with Gasteiger partial charge in [0.25, 0.3) is 0 Å². The molecule has 0 unspecified atom stereocenters. The van der Waals surface area contributed by atoms with Gasteiger partial charge in [-0.05, 0) is 0 Å². The summed E-state index contributed by atoms with van der Waals surface area (Å²) in [6.45, 7) is 1.83. The van der Waals surface area contributed by atoms with Gasteiger partial charge in [0, 0.05) is 18.1 Å². The van der Waals surface area contributed by atoms with E-state index in [0.717, 1.165) is 5.56 Å². The molecular formula is C13H13N3O. The summed E-state index contributed by atoms with van der Waals surface area (Å²) in [6.07, 6.45) is 5.23. The summed E-state index contributed by atoms with van der Waals surface area (Å²) in [5, 5.41) is 8.13. The number of allylic oxidation sites excluding steroid dienone is 1. The number of nitrogens with zero attached hydrogens (tertiary/aromatic N) is 3. The summed E-state index contributed by atoms with van der Waals surface area (Å²) in [4.78, 5) is 13.0. The molecule has 1 heterocycles. The third kappa shape index (κ3) is 2.66. The van der Waals surface area contributed by atoms with Gasteiger partial charge in [-0.2, -0.15) is 15.0 Å². The van der Waals surface area contributed by atoms with Gasteiger partial charge in [0.2, 0.25) is 0 Å². The minimum Gasteiger partial charge on any atom is -0.295 e. The van der Waals surface area contributed by atoms with E-state index in [1.54, 1.807) is 18.5 Å². The molecule has 0 saturated heterocycles. The highest BCUT2D eigenvalue weighted by Crippen LogP contribution is 2.14. The van der Waals surface area contributed by atoms with Crippen LogP contribution in [0, 0.1) is 0 Å². The van der Waals surface area contributed by atoms with E-state index < -0.39 is 0 Å². The Kier molecular flexibility index (Phi) is 3.45. The molecule has 0 atom stereocenters. The van der Waals surface area contributed by atoms with Crippen molar-refractivity contribution >= 4 is 11.5 Å². The lowest BCUT2D eigenvalue weighted by atomic mass is 10.1. The first-order valence-electron chi connectivity index (χ1n) is 5.48. The second kappa shape index (κ2) is 5.21. The number of hydrogen-bond donors (Lipinski definition) is 0. The van der Waals surface area contributed by atoms with Gasteiger partial charge in [-0.1, -0.05) is 37.3 Å². The smallest absolute Gasteiger partial charge is 0.157 e. The van der Waals surface area contributed by atoms with E-state index in [9.17, 15) is 4.79 Å². The molecular weight excluding hydrogens is 214 g/mol. The van der Waals surface area contributed by atoms with Crippen LogP contribution in [0.5, 0.6) is 0 Å². The van der Waals surface area contributed by atoms with E-state index >= 15 is 0 Å². The Morgan fingerprint density at radius 1 is 1.24 bits per heavy atom. The zero-order chi connectivity index (χ0) is 12.1. The second-order valence-electron chi connectivity index (χ2n) is 3.53. The van der Waals surface area contributed by atoms with Gasteiger partial charge >= 0.3 is 0 Å². The van der Waals surface area contributed by atoms with Crippen molar-refractivity contribution in [1.29, 1.82) is 0 Å². The molecule has 2 rings (SSSR count). The number of rotatable bonds is 4. The van der Waals surface area contributed by atoms with Gasteiger partial charge in [0.1, 0.15) is 0 Å². The van der Waals surface area contributed by atoms with Gasteiger partial charge in [0.05, 0.1) is 18.1 Å².